The zero-order valence-electron chi connectivity index (χ0n) is 13.1. The van der Waals surface area contributed by atoms with E-state index in [9.17, 15) is 13.2 Å². The molecule has 1 aromatic carbocycles. The molecule has 1 unspecified atom stereocenters. The van der Waals surface area contributed by atoms with E-state index < -0.39 is 10.0 Å². The highest BCUT2D eigenvalue weighted by molar-refractivity contribution is 7.94. The Morgan fingerprint density at radius 2 is 1.91 bits per heavy atom. The molecule has 2 rings (SSSR count). The predicted molar refractivity (Wildman–Crippen MR) is 93.2 cm³/mol. The molecule has 0 fully saturated rings. The number of sulfonamides is 1. The van der Waals surface area contributed by atoms with E-state index in [0.29, 0.717) is 5.69 Å². The molecule has 0 aliphatic heterocycles. The van der Waals surface area contributed by atoms with Crippen LogP contribution in [0.15, 0.2) is 46.0 Å². The highest BCUT2D eigenvalue weighted by Gasteiger charge is 2.15. The van der Waals surface area contributed by atoms with Gasteiger partial charge in [-0.25, -0.2) is 8.42 Å². The van der Waals surface area contributed by atoms with E-state index in [-0.39, 0.29) is 22.6 Å². The Bertz CT molecular complexity index is 738. The summed E-state index contributed by atoms with van der Waals surface area (Å²) in [5.74, 6) is -0.0359. The lowest BCUT2D eigenvalue weighted by molar-refractivity contribution is -0.121. The fraction of sp³-hybridized carbons (Fsp3) is 0.312. The number of benzene rings is 1. The predicted octanol–water partition coefficient (Wildman–Crippen LogP) is 3.01. The molecule has 7 heteroatoms. The van der Waals surface area contributed by atoms with Crippen LogP contribution in [-0.4, -0.2) is 20.4 Å². The van der Waals surface area contributed by atoms with Gasteiger partial charge in [-0.3, -0.25) is 9.52 Å². The van der Waals surface area contributed by atoms with Crippen molar-refractivity contribution in [3.8, 4) is 0 Å². The summed E-state index contributed by atoms with van der Waals surface area (Å²) >= 11 is 1.17. The van der Waals surface area contributed by atoms with Crippen molar-refractivity contribution in [2.75, 3.05) is 4.72 Å². The monoisotopic (exact) mass is 352 g/mol. The summed E-state index contributed by atoms with van der Waals surface area (Å²) in [5.41, 5.74) is 1.31. The van der Waals surface area contributed by atoms with Crippen LogP contribution in [0.3, 0.4) is 0 Å². The fourth-order valence-electron chi connectivity index (χ4n) is 1.93. The lowest BCUT2D eigenvalue weighted by Gasteiger charge is -2.11. The molecule has 0 bridgehead atoms. The van der Waals surface area contributed by atoms with Gasteiger partial charge in [0.1, 0.15) is 4.21 Å². The van der Waals surface area contributed by atoms with Crippen molar-refractivity contribution in [3.63, 3.8) is 0 Å². The number of carbonyl (C=O) groups is 1. The zero-order valence-corrected chi connectivity index (χ0v) is 14.7. The van der Waals surface area contributed by atoms with Gasteiger partial charge in [0.05, 0.1) is 6.42 Å². The summed E-state index contributed by atoms with van der Waals surface area (Å²) < 4.78 is 27.0. The first-order chi connectivity index (χ1) is 10.9. The molecule has 2 N–H and O–H groups in total. The minimum Gasteiger partial charge on any atom is -0.353 e. The lowest BCUT2D eigenvalue weighted by Crippen LogP contribution is -2.33. The molecule has 0 aliphatic carbocycles. The van der Waals surface area contributed by atoms with Crippen molar-refractivity contribution < 1.29 is 13.2 Å². The van der Waals surface area contributed by atoms with E-state index in [1.807, 2.05) is 13.8 Å². The SMILES string of the molecule is CCC(C)NC(=O)Cc1ccc(NS(=O)(=O)c2cccs2)cc1. The quantitative estimate of drug-likeness (QED) is 0.804. The molecule has 0 saturated heterocycles. The molecule has 2 aromatic rings. The molecular weight excluding hydrogens is 332 g/mol. The average molecular weight is 352 g/mol. The number of hydrogen-bond acceptors (Lipinski definition) is 4. The summed E-state index contributed by atoms with van der Waals surface area (Å²) in [6.07, 6.45) is 1.16. The van der Waals surface area contributed by atoms with Crippen LogP contribution < -0.4 is 10.0 Å². The maximum Gasteiger partial charge on any atom is 0.271 e. The van der Waals surface area contributed by atoms with Crippen LogP contribution in [0.1, 0.15) is 25.8 Å². The Balaban J connectivity index is 1.99. The summed E-state index contributed by atoms with van der Waals surface area (Å²) in [5, 5.41) is 4.62. The molecule has 1 heterocycles. The summed E-state index contributed by atoms with van der Waals surface area (Å²) in [4.78, 5) is 11.8. The summed E-state index contributed by atoms with van der Waals surface area (Å²) in [7, 11) is -3.54. The largest absolute Gasteiger partial charge is 0.353 e. The summed E-state index contributed by atoms with van der Waals surface area (Å²) in [6, 6.07) is 10.2. The first-order valence-corrected chi connectivity index (χ1v) is 9.71. The summed E-state index contributed by atoms with van der Waals surface area (Å²) in [6.45, 7) is 3.97. The third-order valence-electron chi connectivity index (χ3n) is 3.35. The molecule has 124 valence electrons. The number of amides is 1. The highest BCUT2D eigenvalue weighted by atomic mass is 32.2. The minimum atomic E-state index is -3.54. The van der Waals surface area contributed by atoms with Gasteiger partial charge in [0, 0.05) is 11.7 Å². The van der Waals surface area contributed by atoms with Crippen molar-refractivity contribution in [2.45, 2.75) is 36.9 Å². The maximum absolute atomic E-state index is 12.1. The second kappa shape index (κ2) is 7.61. The highest BCUT2D eigenvalue weighted by Crippen LogP contribution is 2.20. The molecule has 0 spiro atoms. The van der Waals surface area contributed by atoms with Crippen molar-refractivity contribution >= 4 is 33.0 Å². The van der Waals surface area contributed by atoms with Gasteiger partial charge < -0.3 is 5.32 Å². The molecule has 1 aromatic heterocycles. The van der Waals surface area contributed by atoms with Gasteiger partial charge in [-0.15, -0.1) is 11.3 Å². The molecule has 23 heavy (non-hydrogen) atoms. The second-order valence-electron chi connectivity index (χ2n) is 5.29. The first-order valence-electron chi connectivity index (χ1n) is 7.35. The third kappa shape index (κ3) is 5.07. The van der Waals surface area contributed by atoms with Crippen LogP contribution in [0.5, 0.6) is 0 Å². The number of rotatable bonds is 7. The molecule has 1 amide bonds. The third-order valence-corrected chi connectivity index (χ3v) is 6.13. The van der Waals surface area contributed by atoms with E-state index in [2.05, 4.69) is 10.0 Å². The van der Waals surface area contributed by atoms with E-state index in [1.54, 1.807) is 41.8 Å². The van der Waals surface area contributed by atoms with Gasteiger partial charge in [0.2, 0.25) is 5.91 Å². The topological polar surface area (TPSA) is 75.3 Å². The standard InChI is InChI=1S/C16H20N2O3S2/c1-3-12(2)17-15(19)11-13-6-8-14(9-7-13)18-23(20,21)16-5-4-10-22-16/h4-10,12,18H,3,11H2,1-2H3,(H,17,19). The van der Waals surface area contributed by atoms with Crippen LogP contribution in [0.2, 0.25) is 0 Å². The smallest absolute Gasteiger partial charge is 0.271 e. The van der Waals surface area contributed by atoms with E-state index in [1.165, 1.54) is 11.3 Å². The second-order valence-corrected chi connectivity index (χ2v) is 8.15. The van der Waals surface area contributed by atoms with Crippen LogP contribution in [-0.2, 0) is 21.2 Å². The Morgan fingerprint density at radius 3 is 2.48 bits per heavy atom. The van der Waals surface area contributed by atoms with Crippen LogP contribution >= 0.6 is 11.3 Å². The fourth-order valence-corrected chi connectivity index (χ4v) is 3.98. The molecule has 0 radical (unpaired) electrons. The number of anilines is 1. The van der Waals surface area contributed by atoms with Crippen molar-refractivity contribution in [1.29, 1.82) is 0 Å². The number of carbonyl (C=O) groups excluding carboxylic acids is 1. The number of hydrogen-bond donors (Lipinski definition) is 2. The van der Waals surface area contributed by atoms with Gasteiger partial charge in [-0.1, -0.05) is 25.1 Å². The molecule has 5 nitrogen and oxygen atoms in total. The van der Waals surface area contributed by atoms with Gasteiger partial charge >= 0.3 is 0 Å². The van der Waals surface area contributed by atoms with E-state index >= 15 is 0 Å². The van der Waals surface area contributed by atoms with Crippen molar-refractivity contribution in [3.05, 3.63) is 47.3 Å². The van der Waals surface area contributed by atoms with Crippen molar-refractivity contribution in [1.82, 2.24) is 5.32 Å². The lowest BCUT2D eigenvalue weighted by atomic mass is 10.1. The normalized spacial score (nSPS) is 12.6. The first kappa shape index (κ1) is 17.5. The molecule has 0 aliphatic rings. The number of thiophene rings is 1. The zero-order chi connectivity index (χ0) is 16.9. The number of nitrogens with one attached hydrogen (secondary N) is 2. The van der Waals surface area contributed by atoms with Gasteiger partial charge in [0.25, 0.3) is 10.0 Å². The van der Waals surface area contributed by atoms with E-state index in [4.69, 9.17) is 0 Å². The Hall–Kier alpha value is -1.86. The van der Waals surface area contributed by atoms with E-state index in [0.717, 1.165) is 12.0 Å². The minimum absolute atomic E-state index is 0.0359. The van der Waals surface area contributed by atoms with Crippen LogP contribution in [0.25, 0.3) is 0 Å². The van der Waals surface area contributed by atoms with Gasteiger partial charge in [-0.05, 0) is 42.5 Å². The molecule has 1 atom stereocenters. The Labute approximate surface area is 140 Å². The van der Waals surface area contributed by atoms with Crippen molar-refractivity contribution in [2.24, 2.45) is 0 Å². The average Bonchev–Trinajstić information content (AvgIpc) is 3.04. The molecule has 0 saturated carbocycles. The van der Waals surface area contributed by atoms with Crippen LogP contribution in [0.4, 0.5) is 5.69 Å². The van der Waals surface area contributed by atoms with Gasteiger partial charge in [-0.2, -0.15) is 0 Å². The Morgan fingerprint density at radius 1 is 1.22 bits per heavy atom. The van der Waals surface area contributed by atoms with Gasteiger partial charge in [0.15, 0.2) is 0 Å². The Kier molecular flexibility index (Phi) is 5.79. The van der Waals surface area contributed by atoms with Crippen LogP contribution in [0, 0.1) is 0 Å². The maximum atomic E-state index is 12.1. The molecular formula is C16H20N2O3S2.